The quantitative estimate of drug-likeness (QED) is 0.0774. The number of carbonyl (C=O) groups is 6. The molecule has 13 nitrogen and oxygen atoms in total. The number of ether oxygens (including phenoxy) is 6. The van der Waals surface area contributed by atoms with Crippen LogP contribution in [0.3, 0.4) is 0 Å². The summed E-state index contributed by atoms with van der Waals surface area (Å²) in [6.45, 7) is 15.6. The molecule has 2 fully saturated rings. The monoisotopic (exact) mass is 720 g/mol. The Labute approximate surface area is 300 Å². The fraction of sp³-hybridized carbons (Fsp3) is 0.737. The molecule has 3 rings (SSSR count). The summed E-state index contributed by atoms with van der Waals surface area (Å²) in [5.74, 6) is -6.73. The van der Waals surface area contributed by atoms with Crippen molar-refractivity contribution in [1.29, 1.82) is 0 Å². The molecule has 286 valence electrons. The van der Waals surface area contributed by atoms with Crippen LogP contribution in [-0.4, -0.2) is 82.1 Å². The van der Waals surface area contributed by atoms with E-state index < -0.39 is 95.3 Å². The summed E-state index contributed by atoms with van der Waals surface area (Å²) in [6.07, 6.45) is -0.00443. The second kappa shape index (κ2) is 16.7. The lowest BCUT2D eigenvalue weighted by atomic mass is 9.74. The molecule has 8 atom stereocenters. The van der Waals surface area contributed by atoms with Gasteiger partial charge in [-0.3, -0.25) is 19.2 Å². The first-order valence-corrected chi connectivity index (χ1v) is 18.1. The van der Waals surface area contributed by atoms with Gasteiger partial charge in [0.25, 0.3) is 0 Å². The Hall–Kier alpha value is -3.74. The van der Waals surface area contributed by atoms with E-state index in [0.717, 1.165) is 32.6 Å². The summed E-state index contributed by atoms with van der Waals surface area (Å²) >= 11 is 0. The summed E-state index contributed by atoms with van der Waals surface area (Å²) in [4.78, 5) is 80.2. The van der Waals surface area contributed by atoms with Crippen molar-refractivity contribution in [1.82, 2.24) is 0 Å². The second-order valence-electron chi connectivity index (χ2n) is 14.6. The standard InChI is InChI=1S/C38H56O13/c1-11-14-15-16-17-19-27(41)47-31-29-28(23(7)30(31)48-34(43)22(6)13-3)32-38(51-33(42)21(4)5,37(10,45)35(44)49-32)25(46-26(40)18-12-2)20-36(29,9)50-24(8)39/h13,21,25,29-32,45H,11-12,14-20H2,1-10H3/b22-13-/t25-,29+,30-,31-,32-,36-,37+,38+/m0/s1. The molecule has 1 saturated carbocycles. The van der Waals surface area contributed by atoms with Crippen LogP contribution in [0.15, 0.2) is 22.8 Å². The third-order valence-electron chi connectivity index (χ3n) is 10.2. The number of allylic oxidation sites excluding steroid dienone is 1. The topological polar surface area (TPSA) is 178 Å². The van der Waals surface area contributed by atoms with Gasteiger partial charge in [0, 0.05) is 31.8 Å². The van der Waals surface area contributed by atoms with E-state index >= 15 is 0 Å². The maximum atomic E-state index is 13.7. The van der Waals surface area contributed by atoms with E-state index in [1.54, 1.807) is 47.6 Å². The van der Waals surface area contributed by atoms with Gasteiger partial charge in [-0.15, -0.1) is 0 Å². The van der Waals surface area contributed by atoms with Gasteiger partial charge in [-0.25, -0.2) is 9.59 Å². The second-order valence-corrected chi connectivity index (χ2v) is 14.6. The highest BCUT2D eigenvalue weighted by molar-refractivity contribution is 5.89. The molecule has 13 heteroatoms. The van der Waals surface area contributed by atoms with E-state index in [2.05, 4.69) is 6.92 Å². The van der Waals surface area contributed by atoms with Gasteiger partial charge in [0.05, 0.1) is 11.8 Å². The van der Waals surface area contributed by atoms with Gasteiger partial charge in [-0.1, -0.05) is 59.5 Å². The number of hydrogen-bond acceptors (Lipinski definition) is 13. The van der Waals surface area contributed by atoms with Crippen molar-refractivity contribution < 1.29 is 62.3 Å². The molecule has 0 amide bonds. The van der Waals surface area contributed by atoms with Gasteiger partial charge < -0.3 is 33.5 Å². The SMILES string of the molecule is C/C=C(/C)C(=O)O[C@H]1C(C)=C2[C@H]([C@@H]1OC(=O)CCCCCCC)[C@@](C)(OC(C)=O)C[C@H](OC(=O)CCC)[C@@]1(OC(=O)C(C)C)[C@H]2OC(=O)[C@@]1(C)O. The molecule has 1 heterocycles. The van der Waals surface area contributed by atoms with Crippen LogP contribution >= 0.6 is 0 Å². The minimum absolute atomic E-state index is 0.0530. The molecule has 1 saturated heterocycles. The molecule has 0 aromatic rings. The molecule has 51 heavy (non-hydrogen) atoms. The first-order chi connectivity index (χ1) is 23.8. The molecule has 0 aromatic carbocycles. The van der Waals surface area contributed by atoms with Crippen molar-refractivity contribution in [3.8, 4) is 0 Å². The lowest BCUT2D eigenvalue weighted by Crippen LogP contribution is -2.67. The summed E-state index contributed by atoms with van der Waals surface area (Å²) < 4.78 is 36.3. The Morgan fingerprint density at radius 3 is 2.12 bits per heavy atom. The van der Waals surface area contributed by atoms with Crippen LogP contribution in [0.25, 0.3) is 0 Å². The van der Waals surface area contributed by atoms with Gasteiger partial charge >= 0.3 is 35.8 Å². The van der Waals surface area contributed by atoms with Crippen molar-refractivity contribution in [3.05, 3.63) is 22.8 Å². The van der Waals surface area contributed by atoms with Crippen molar-refractivity contribution in [2.24, 2.45) is 11.8 Å². The molecule has 0 radical (unpaired) electrons. The number of esters is 6. The maximum absolute atomic E-state index is 13.7. The van der Waals surface area contributed by atoms with Crippen LogP contribution < -0.4 is 0 Å². The molecular formula is C38H56O13. The summed E-state index contributed by atoms with van der Waals surface area (Å²) in [7, 11) is 0. The Bertz CT molecular complexity index is 1420. The molecule has 1 N–H and O–H groups in total. The zero-order valence-corrected chi connectivity index (χ0v) is 31.8. The van der Waals surface area contributed by atoms with Gasteiger partial charge in [-0.2, -0.15) is 0 Å². The van der Waals surface area contributed by atoms with Crippen molar-refractivity contribution >= 4 is 35.8 Å². The number of fused-ring (bicyclic) bond motifs is 3. The Morgan fingerprint density at radius 1 is 0.922 bits per heavy atom. The molecule has 0 unspecified atom stereocenters. The van der Waals surface area contributed by atoms with Crippen LogP contribution in [0.5, 0.6) is 0 Å². The number of hydrogen-bond donors (Lipinski definition) is 1. The Balaban J connectivity index is 2.37. The summed E-state index contributed by atoms with van der Waals surface area (Å²) in [5, 5.41) is 12.1. The van der Waals surface area contributed by atoms with Gasteiger partial charge in [-0.05, 0) is 58.6 Å². The first-order valence-electron chi connectivity index (χ1n) is 18.1. The molecule has 0 bridgehead atoms. The number of aliphatic hydroxyl groups is 1. The fourth-order valence-corrected chi connectivity index (χ4v) is 7.38. The van der Waals surface area contributed by atoms with E-state index in [9.17, 15) is 33.9 Å². The van der Waals surface area contributed by atoms with Crippen LogP contribution in [-0.2, 0) is 57.2 Å². The number of carbonyl (C=O) groups excluding carboxylic acids is 6. The van der Waals surface area contributed by atoms with Gasteiger partial charge in [0.15, 0.2) is 24.4 Å². The number of unbranched alkanes of at least 4 members (excludes halogenated alkanes) is 4. The Morgan fingerprint density at radius 2 is 1.55 bits per heavy atom. The normalized spacial score (nSPS) is 31.6. The minimum Gasteiger partial charge on any atom is -0.459 e. The van der Waals surface area contributed by atoms with E-state index in [4.69, 9.17) is 28.4 Å². The van der Waals surface area contributed by atoms with E-state index in [0.29, 0.717) is 12.8 Å². The van der Waals surface area contributed by atoms with E-state index in [1.807, 2.05) is 0 Å². The summed E-state index contributed by atoms with van der Waals surface area (Å²) in [5.41, 5.74) is -6.06. The molecule has 2 aliphatic carbocycles. The van der Waals surface area contributed by atoms with E-state index in [-0.39, 0.29) is 29.6 Å². The predicted molar refractivity (Wildman–Crippen MR) is 182 cm³/mol. The molecule has 0 aromatic heterocycles. The van der Waals surface area contributed by atoms with Crippen LogP contribution in [0.2, 0.25) is 0 Å². The zero-order valence-electron chi connectivity index (χ0n) is 31.8. The lowest BCUT2D eigenvalue weighted by molar-refractivity contribution is -0.230. The first kappa shape index (κ1) is 41.7. The van der Waals surface area contributed by atoms with Crippen LogP contribution in [0.1, 0.15) is 127 Å². The highest BCUT2D eigenvalue weighted by Gasteiger charge is 2.78. The fourth-order valence-electron chi connectivity index (χ4n) is 7.38. The highest BCUT2D eigenvalue weighted by atomic mass is 16.7. The average molecular weight is 721 g/mol. The van der Waals surface area contributed by atoms with Crippen molar-refractivity contribution in [2.45, 2.75) is 168 Å². The van der Waals surface area contributed by atoms with Crippen LogP contribution in [0.4, 0.5) is 0 Å². The number of rotatable bonds is 15. The van der Waals surface area contributed by atoms with Gasteiger partial charge in [0.2, 0.25) is 11.2 Å². The van der Waals surface area contributed by atoms with Crippen molar-refractivity contribution in [3.63, 3.8) is 0 Å². The lowest BCUT2D eigenvalue weighted by Gasteiger charge is -2.44. The Kier molecular flexibility index (Phi) is 13.7. The van der Waals surface area contributed by atoms with Crippen molar-refractivity contribution in [2.75, 3.05) is 0 Å². The third-order valence-corrected chi connectivity index (χ3v) is 10.2. The molecule has 1 aliphatic heterocycles. The molecule has 0 spiro atoms. The predicted octanol–water partition coefficient (Wildman–Crippen LogP) is 5.13. The largest absolute Gasteiger partial charge is 0.459 e. The zero-order chi connectivity index (χ0) is 38.5. The van der Waals surface area contributed by atoms with Crippen LogP contribution in [0, 0.1) is 11.8 Å². The van der Waals surface area contributed by atoms with E-state index in [1.165, 1.54) is 13.8 Å². The maximum Gasteiger partial charge on any atom is 0.343 e. The third kappa shape index (κ3) is 8.34. The highest BCUT2D eigenvalue weighted by Crippen LogP contribution is 2.59. The minimum atomic E-state index is -2.60. The molecular weight excluding hydrogens is 664 g/mol. The van der Waals surface area contributed by atoms with Gasteiger partial charge in [0.1, 0.15) is 5.60 Å². The molecule has 3 aliphatic rings. The smallest absolute Gasteiger partial charge is 0.343 e. The average Bonchev–Trinajstić information content (AvgIpc) is 3.38. The summed E-state index contributed by atoms with van der Waals surface area (Å²) in [6, 6.07) is 0.